The molecule has 13 heavy (non-hydrogen) atoms. The third-order valence-corrected chi connectivity index (χ3v) is 4.27. The van der Waals surface area contributed by atoms with E-state index in [1.54, 1.807) is 0 Å². The lowest BCUT2D eigenvalue weighted by molar-refractivity contribution is 0.255. The molecule has 0 nitrogen and oxygen atoms in total. The zero-order valence-corrected chi connectivity index (χ0v) is 9.84. The first-order valence-corrected chi connectivity index (χ1v) is 6.11. The van der Waals surface area contributed by atoms with Crippen LogP contribution in [0.15, 0.2) is 0 Å². The third kappa shape index (κ3) is 3.32. The Balaban J connectivity index is 2.50. The predicted molar refractivity (Wildman–Crippen MR) is 59.7 cm³/mol. The SMILES string of the molecule is CC1CCCC(C)C(C)C(C)CC1. The van der Waals surface area contributed by atoms with Crippen LogP contribution in [0.25, 0.3) is 0 Å². The molecule has 0 aromatic rings. The minimum absolute atomic E-state index is 0.935. The molecule has 4 unspecified atom stereocenters. The maximum atomic E-state index is 2.45. The Morgan fingerprint density at radius 2 is 1.31 bits per heavy atom. The van der Waals surface area contributed by atoms with Gasteiger partial charge < -0.3 is 0 Å². The van der Waals surface area contributed by atoms with E-state index in [4.69, 9.17) is 0 Å². The molecule has 0 N–H and O–H groups in total. The van der Waals surface area contributed by atoms with Crippen molar-refractivity contribution in [2.45, 2.75) is 59.8 Å². The van der Waals surface area contributed by atoms with Gasteiger partial charge in [-0.3, -0.25) is 0 Å². The Morgan fingerprint density at radius 3 is 2.00 bits per heavy atom. The molecule has 0 heteroatoms. The maximum absolute atomic E-state index is 2.45. The van der Waals surface area contributed by atoms with Gasteiger partial charge >= 0.3 is 0 Å². The van der Waals surface area contributed by atoms with E-state index in [0.29, 0.717) is 0 Å². The quantitative estimate of drug-likeness (QED) is 0.517. The molecule has 78 valence electrons. The molecule has 1 fully saturated rings. The van der Waals surface area contributed by atoms with Crippen LogP contribution in [0.2, 0.25) is 0 Å². The first kappa shape index (κ1) is 11.1. The molecule has 1 saturated carbocycles. The Labute approximate surface area is 84.1 Å². The van der Waals surface area contributed by atoms with Crippen molar-refractivity contribution >= 4 is 0 Å². The Morgan fingerprint density at radius 1 is 0.692 bits per heavy atom. The van der Waals surface area contributed by atoms with Crippen molar-refractivity contribution in [3.8, 4) is 0 Å². The van der Waals surface area contributed by atoms with Crippen LogP contribution in [-0.4, -0.2) is 0 Å². The van der Waals surface area contributed by atoms with Crippen molar-refractivity contribution in [1.82, 2.24) is 0 Å². The summed E-state index contributed by atoms with van der Waals surface area (Å²) in [5.74, 6) is 3.79. The topological polar surface area (TPSA) is 0 Å². The summed E-state index contributed by atoms with van der Waals surface area (Å²) >= 11 is 0. The lowest BCUT2D eigenvalue weighted by Gasteiger charge is -2.25. The summed E-state index contributed by atoms with van der Waals surface area (Å²) in [4.78, 5) is 0. The van der Waals surface area contributed by atoms with E-state index in [-0.39, 0.29) is 0 Å². The first-order chi connectivity index (χ1) is 6.11. The van der Waals surface area contributed by atoms with E-state index in [1.165, 1.54) is 32.1 Å². The lowest BCUT2D eigenvalue weighted by atomic mass is 9.81. The highest BCUT2D eigenvalue weighted by Crippen LogP contribution is 2.32. The average molecular weight is 182 g/mol. The van der Waals surface area contributed by atoms with E-state index in [0.717, 1.165) is 23.7 Å². The van der Waals surface area contributed by atoms with Crippen LogP contribution in [0.5, 0.6) is 0 Å². The van der Waals surface area contributed by atoms with Gasteiger partial charge in [0.15, 0.2) is 0 Å². The molecule has 0 bridgehead atoms. The molecule has 0 aromatic heterocycles. The largest absolute Gasteiger partial charge is 0.0625 e. The molecule has 0 amide bonds. The van der Waals surface area contributed by atoms with Gasteiger partial charge in [-0.15, -0.1) is 0 Å². The highest BCUT2D eigenvalue weighted by Gasteiger charge is 2.21. The fourth-order valence-corrected chi connectivity index (χ4v) is 2.57. The van der Waals surface area contributed by atoms with Crippen molar-refractivity contribution in [3.63, 3.8) is 0 Å². The van der Waals surface area contributed by atoms with E-state index in [1.807, 2.05) is 0 Å². The van der Waals surface area contributed by atoms with E-state index in [9.17, 15) is 0 Å². The summed E-state index contributed by atoms with van der Waals surface area (Å²) in [6.07, 6.45) is 7.28. The molecule has 0 saturated heterocycles. The second-order valence-corrected chi connectivity index (χ2v) is 5.43. The Bertz CT molecular complexity index is 139. The second kappa shape index (κ2) is 5.02. The fourth-order valence-electron chi connectivity index (χ4n) is 2.57. The molecular formula is C13H26. The van der Waals surface area contributed by atoms with Gasteiger partial charge in [0.25, 0.3) is 0 Å². The van der Waals surface area contributed by atoms with E-state index >= 15 is 0 Å². The van der Waals surface area contributed by atoms with Crippen LogP contribution in [0.4, 0.5) is 0 Å². The summed E-state index contributed by atoms with van der Waals surface area (Å²) in [6.45, 7) is 9.76. The lowest BCUT2D eigenvalue weighted by Crippen LogP contribution is -2.16. The van der Waals surface area contributed by atoms with Crippen molar-refractivity contribution < 1.29 is 0 Å². The molecule has 0 spiro atoms. The van der Waals surface area contributed by atoms with Gasteiger partial charge in [-0.1, -0.05) is 59.8 Å². The molecule has 1 aliphatic rings. The van der Waals surface area contributed by atoms with E-state index in [2.05, 4.69) is 27.7 Å². The van der Waals surface area contributed by atoms with Gasteiger partial charge in [0, 0.05) is 0 Å². The molecule has 0 aromatic carbocycles. The Kier molecular flexibility index (Phi) is 4.28. The summed E-state index contributed by atoms with van der Waals surface area (Å²) in [7, 11) is 0. The van der Waals surface area contributed by atoms with Gasteiger partial charge in [-0.25, -0.2) is 0 Å². The summed E-state index contributed by atoms with van der Waals surface area (Å²) < 4.78 is 0. The molecule has 0 radical (unpaired) electrons. The first-order valence-electron chi connectivity index (χ1n) is 6.11. The van der Waals surface area contributed by atoms with Gasteiger partial charge in [0.2, 0.25) is 0 Å². The Hall–Kier alpha value is 0. The van der Waals surface area contributed by atoms with Crippen LogP contribution in [0, 0.1) is 23.7 Å². The van der Waals surface area contributed by atoms with Crippen LogP contribution in [-0.2, 0) is 0 Å². The number of hydrogen-bond donors (Lipinski definition) is 0. The summed E-state index contributed by atoms with van der Waals surface area (Å²) in [6, 6.07) is 0. The molecule has 1 rings (SSSR count). The van der Waals surface area contributed by atoms with E-state index < -0.39 is 0 Å². The molecule has 1 aliphatic carbocycles. The van der Waals surface area contributed by atoms with Crippen LogP contribution in [0.3, 0.4) is 0 Å². The summed E-state index contributed by atoms with van der Waals surface area (Å²) in [5.41, 5.74) is 0. The van der Waals surface area contributed by atoms with Crippen LogP contribution >= 0.6 is 0 Å². The van der Waals surface area contributed by atoms with Gasteiger partial charge in [-0.05, 0) is 23.7 Å². The average Bonchev–Trinajstić information content (AvgIpc) is 2.15. The number of rotatable bonds is 0. The summed E-state index contributed by atoms with van der Waals surface area (Å²) in [5, 5.41) is 0. The zero-order valence-electron chi connectivity index (χ0n) is 9.84. The maximum Gasteiger partial charge on any atom is -0.0391 e. The molecule has 4 atom stereocenters. The minimum Gasteiger partial charge on any atom is -0.0625 e. The fraction of sp³-hybridized carbons (Fsp3) is 1.00. The standard InChI is InChI=1S/C13H26/c1-10-6-5-7-11(2)13(4)12(3)9-8-10/h10-13H,5-9H2,1-4H3. The van der Waals surface area contributed by atoms with Crippen LogP contribution < -0.4 is 0 Å². The van der Waals surface area contributed by atoms with Gasteiger partial charge in [-0.2, -0.15) is 0 Å². The van der Waals surface area contributed by atoms with Crippen LogP contribution in [0.1, 0.15) is 59.8 Å². The number of hydrogen-bond acceptors (Lipinski definition) is 0. The van der Waals surface area contributed by atoms with Gasteiger partial charge in [0.05, 0.1) is 0 Å². The smallest absolute Gasteiger partial charge is 0.0391 e. The van der Waals surface area contributed by atoms with Crippen molar-refractivity contribution in [2.75, 3.05) is 0 Å². The minimum atomic E-state index is 0.935. The van der Waals surface area contributed by atoms with Gasteiger partial charge in [0.1, 0.15) is 0 Å². The molecular weight excluding hydrogens is 156 g/mol. The van der Waals surface area contributed by atoms with Crippen molar-refractivity contribution in [2.24, 2.45) is 23.7 Å². The normalized spacial score (nSPS) is 43.4. The van der Waals surface area contributed by atoms with Crippen molar-refractivity contribution in [3.05, 3.63) is 0 Å². The molecule has 0 aliphatic heterocycles. The second-order valence-electron chi connectivity index (χ2n) is 5.43. The third-order valence-electron chi connectivity index (χ3n) is 4.27. The van der Waals surface area contributed by atoms with Crippen molar-refractivity contribution in [1.29, 1.82) is 0 Å². The highest BCUT2D eigenvalue weighted by atomic mass is 14.3. The monoisotopic (exact) mass is 182 g/mol. The zero-order chi connectivity index (χ0) is 9.84. The highest BCUT2D eigenvalue weighted by molar-refractivity contribution is 4.72. The molecule has 0 heterocycles. The predicted octanol–water partition coefficient (Wildman–Crippen LogP) is 4.49.